The SMILES string of the molecule is Cc1ccc([C@@H]2Cc3cc(C(=O)Nc4ccc5oc(=O)ccc5c4)ccc3C(=O)O2)cc1. The van der Waals surface area contributed by atoms with Crippen LogP contribution in [0.5, 0.6) is 0 Å². The van der Waals surface area contributed by atoms with Gasteiger partial charge in [-0.2, -0.15) is 0 Å². The van der Waals surface area contributed by atoms with Crippen LogP contribution in [0.25, 0.3) is 11.0 Å². The van der Waals surface area contributed by atoms with Gasteiger partial charge in [-0.3, -0.25) is 4.79 Å². The molecular formula is C26H19NO5. The van der Waals surface area contributed by atoms with Crippen LogP contribution in [0.3, 0.4) is 0 Å². The highest BCUT2D eigenvalue weighted by atomic mass is 16.5. The molecule has 1 aromatic heterocycles. The van der Waals surface area contributed by atoms with Crippen LogP contribution in [0.1, 0.15) is 43.5 Å². The molecule has 0 unspecified atom stereocenters. The largest absolute Gasteiger partial charge is 0.454 e. The monoisotopic (exact) mass is 425 g/mol. The lowest BCUT2D eigenvalue weighted by Crippen LogP contribution is -2.23. The van der Waals surface area contributed by atoms with Crippen LogP contribution in [-0.2, 0) is 11.2 Å². The van der Waals surface area contributed by atoms with E-state index in [1.165, 1.54) is 6.07 Å². The average Bonchev–Trinajstić information content (AvgIpc) is 2.79. The number of nitrogens with one attached hydrogen (secondary N) is 1. The first kappa shape index (κ1) is 19.8. The van der Waals surface area contributed by atoms with Crippen molar-refractivity contribution in [3.63, 3.8) is 0 Å². The van der Waals surface area contributed by atoms with Crippen molar-refractivity contribution < 1.29 is 18.7 Å². The molecule has 32 heavy (non-hydrogen) atoms. The smallest absolute Gasteiger partial charge is 0.339 e. The Morgan fingerprint density at radius 2 is 1.75 bits per heavy atom. The minimum atomic E-state index is -0.425. The molecule has 3 aromatic carbocycles. The lowest BCUT2D eigenvalue weighted by molar-refractivity contribution is 0.0252. The highest BCUT2D eigenvalue weighted by Gasteiger charge is 2.28. The molecule has 1 aliphatic rings. The molecule has 6 nitrogen and oxygen atoms in total. The number of ether oxygens (including phenoxy) is 1. The topological polar surface area (TPSA) is 85.6 Å². The van der Waals surface area contributed by atoms with E-state index < -0.39 is 5.63 Å². The molecule has 0 saturated heterocycles. The molecule has 0 fully saturated rings. The molecule has 6 heteroatoms. The molecule has 0 saturated carbocycles. The Kier molecular flexibility index (Phi) is 4.82. The molecule has 4 aromatic rings. The van der Waals surface area contributed by atoms with Gasteiger partial charge in [-0.25, -0.2) is 9.59 Å². The van der Waals surface area contributed by atoms with E-state index >= 15 is 0 Å². The van der Waals surface area contributed by atoms with E-state index in [2.05, 4.69) is 5.32 Å². The summed E-state index contributed by atoms with van der Waals surface area (Å²) in [5, 5.41) is 3.56. The number of fused-ring (bicyclic) bond motifs is 2. The summed E-state index contributed by atoms with van der Waals surface area (Å²) in [5.41, 5.74) is 4.35. The third-order valence-corrected chi connectivity index (χ3v) is 5.57. The Morgan fingerprint density at radius 1 is 0.938 bits per heavy atom. The van der Waals surface area contributed by atoms with E-state index in [0.717, 1.165) is 16.7 Å². The molecule has 5 rings (SSSR count). The van der Waals surface area contributed by atoms with Gasteiger partial charge in [0, 0.05) is 29.1 Å². The molecule has 0 bridgehead atoms. The van der Waals surface area contributed by atoms with Crippen LogP contribution in [0, 0.1) is 6.92 Å². The van der Waals surface area contributed by atoms with Crippen molar-refractivity contribution in [2.24, 2.45) is 0 Å². The zero-order valence-electron chi connectivity index (χ0n) is 17.3. The van der Waals surface area contributed by atoms with Gasteiger partial charge in [-0.15, -0.1) is 0 Å². The van der Waals surface area contributed by atoms with Gasteiger partial charge < -0.3 is 14.5 Å². The first-order chi connectivity index (χ1) is 15.5. The Labute approximate surface area is 183 Å². The number of carbonyl (C=O) groups is 2. The maximum atomic E-state index is 12.9. The van der Waals surface area contributed by atoms with E-state index in [9.17, 15) is 14.4 Å². The van der Waals surface area contributed by atoms with Crippen molar-refractivity contribution >= 4 is 28.5 Å². The average molecular weight is 425 g/mol. The zero-order chi connectivity index (χ0) is 22.2. The summed E-state index contributed by atoms with van der Waals surface area (Å²) >= 11 is 0. The molecule has 1 N–H and O–H groups in total. The maximum Gasteiger partial charge on any atom is 0.339 e. The van der Waals surface area contributed by atoms with Gasteiger partial charge in [-0.1, -0.05) is 29.8 Å². The molecule has 0 aliphatic carbocycles. The van der Waals surface area contributed by atoms with Crippen LogP contribution in [-0.4, -0.2) is 11.9 Å². The number of amides is 1. The summed E-state index contributed by atoms with van der Waals surface area (Å²) < 4.78 is 10.7. The Hall–Kier alpha value is -4.19. The fourth-order valence-electron chi connectivity index (χ4n) is 3.86. The number of carbonyl (C=O) groups excluding carboxylic acids is 2. The van der Waals surface area contributed by atoms with Crippen molar-refractivity contribution in [1.29, 1.82) is 0 Å². The standard InChI is InChI=1S/C26H19NO5/c1-15-2-4-16(5-3-15)23-14-19-12-18(6-9-21(19)26(30)32-23)25(29)27-20-8-10-22-17(13-20)7-11-24(28)31-22/h2-13,23H,14H2,1H3,(H,27,29)/t23-/m0/s1. The van der Waals surface area contributed by atoms with E-state index in [0.29, 0.717) is 34.2 Å². The number of rotatable bonds is 3. The van der Waals surface area contributed by atoms with Crippen LogP contribution in [0.15, 0.2) is 82.0 Å². The quantitative estimate of drug-likeness (QED) is 0.376. The number of cyclic esters (lactones) is 1. The summed E-state index contributed by atoms with van der Waals surface area (Å²) in [5.74, 6) is -0.685. The lowest BCUT2D eigenvalue weighted by atomic mass is 9.92. The highest BCUT2D eigenvalue weighted by Crippen LogP contribution is 2.31. The summed E-state index contributed by atoms with van der Waals surface area (Å²) in [7, 11) is 0. The third-order valence-electron chi connectivity index (χ3n) is 5.57. The number of benzene rings is 3. The Morgan fingerprint density at radius 3 is 2.56 bits per heavy atom. The second-order valence-corrected chi connectivity index (χ2v) is 7.84. The summed E-state index contributed by atoms with van der Waals surface area (Å²) in [6.45, 7) is 2.00. The van der Waals surface area contributed by atoms with Crippen molar-refractivity contribution in [2.75, 3.05) is 5.32 Å². The first-order valence-corrected chi connectivity index (χ1v) is 10.2. The van der Waals surface area contributed by atoms with Crippen LogP contribution in [0.4, 0.5) is 5.69 Å². The minimum absolute atomic E-state index is 0.296. The zero-order valence-corrected chi connectivity index (χ0v) is 17.3. The van der Waals surface area contributed by atoms with Crippen molar-refractivity contribution in [3.05, 3.63) is 111 Å². The molecule has 2 heterocycles. The van der Waals surface area contributed by atoms with Gasteiger partial charge in [-0.05, 0) is 60.5 Å². The van der Waals surface area contributed by atoms with Gasteiger partial charge in [0.05, 0.1) is 5.56 Å². The fourth-order valence-corrected chi connectivity index (χ4v) is 3.86. The Balaban J connectivity index is 1.39. The summed E-state index contributed by atoms with van der Waals surface area (Å²) in [6, 6.07) is 20.9. The van der Waals surface area contributed by atoms with Crippen molar-refractivity contribution in [2.45, 2.75) is 19.4 Å². The van der Waals surface area contributed by atoms with Gasteiger partial charge in [0.15, 0.2) is 0 Å². The van der Waals surface area contributed by atoms with Crippen molar-refractivity contribution in [1.82, 2.24) is 0 Å². The van der Waals surface area contributed by atoms with Crippen LogP contribution < -0.4 is 10.9 Å². The molecule has 0 spiro atoms. The second kappa shape index (κ2) is 7.81. The number of hydrogen-bond donors (Lipinski definition) is 1. The summed E-state index contributed by atoms with van der Waals surface area (Å²) in [6.07, 6.45) is 0.115. The number of hydrogen-bond acceptors (Lipinski definition) is 5. The highest BCUT2D eigenvalue weighted by molar-refractivity contribution is 6.06. The van der Waals surface area contributed by atoms with E-state index in [4.69, 9.17) is 9.15 Å². The van der Waals surface area contributed by atoms with Gasteiger partial charge in [0.2, 0.25) is 0 Å². The lowest BCUT2D eigenvalue weighted by Gasteiger charge is -2.25. The predicted molar refractivity (Wildman–Crippen MR) is 120 cm³/mol. The molecule has 1 amide bonds. The van der Waals surface area contributed by atoms with Crippen LogP contribution >= 0.6 is 0 Å². The van der Waals surface area contributed by atoms with Gasteiger partial charge >= 0.3 is 11.6 Å². The molecule has 1 aliphatic heterocycles. The van der Waals surface area contributed by atoms with E-state index in [-0.39, 0.29) is 18.0 Å². The normalized spacial score (nSPS) is 15.2. The number of anilines is 1. The predicted octanol–water partition coefficient (Wildman–Crippen LogP) is 4.81. The summed E-state index contributed by atoms with van der Waals surface area (Å²) in [4.78, 5) is 36.7. The molecular weight excluding hydrogens is 406 g/mol. The second-order valence-electron chi connectivity index (χ2n) is 7.84. The Bertz CT molecular complexity index is 1420. The van der Waals surface area contributed by atoms with Gasteiger partial charge in [0.25, 0.3) is 5.91 Å². The first-order valence-electron chi connectivity index (χ1n) is 10.2. The van der Waals surface area contributed by atoms with Gasteiger partial charge in [0.1, 0.15) is 11.7 Å². The maximum absolute atomic E-state index is 12.9. The fraction of sp³-hybridized carbons (Fsp3) is 0.115. The van der Waals surface area contributed by atoms with E-state index in [1.807, 2.05) is 31.2 Å². The molecule has 1 atom stereocenters. The van der Waals surface area contributed by atoms with Crippen LogP contribution in [0.2, 0.25) is 0 Å². The molecule has 0 radical (unpaired) electrons. The van der Waals surface area contributed by atoms with E-state index in [1.54, 1.807) is 42.5 Å². The molecule has 158 valence electrons. The third kappa shape index (κ3) is 3.78. The minimum Gasteiger partial charge on any atom is -0.454 e. The number of esters is 1. The van der Waals surface area contributed by atoms with Crippen molar-refractivity contribution in [3.8, 4) is 0 Å². The number of aryl methyl sites for hydroxylation is 1.